The van der Waals surface area contributed by atoms with Gasteiger partial charge in [-0.25, -0.2) is 0 Å². The number of anilines is 1. The number of aromatic nitrogens is 1. The fraction of sp³-hybridized carbons (Fsp3) is 0.143. The number of hydrogen-bond donors (Lipinski definition) is 1. The maximum absolute atomic E-state index is 12.1. The predicted molar refractivity (Wildman–Crippen MR) is 74.9 cm³/mol. The maximum Gasteiger partial charge on any atom is 0.573 e. The smallest absolute Gasteiger partial charge is 0.406 e. The van der Waals surface area contributed by atoms with Crippen molar-refractivity contribution in [1.29, 1.82) is 0 Å². The Morgan fingerprint density at radius 1 is 1.27 bits per heavy atom. The van der Waals surface area contributed by atoms with Gasteiger partial charge in [-0.15, -0.1) is 24.8 Å². The molecule has 1 heterocycles. The van der Waals surface area contributed by atoms with Crippen LogP contribution in [0.2, 0.25) is 0 Å². The number of hydrogen-bond acceptors (Lipinski definition) is 3. The summed E-state index contributed by atoms with van der Waals surface area (Å²) in [6.07, 6.45) is -3.34. The van der Waals surface area contributed by atoms with Crippen LogP contribution in [-0.2, 0) is 5.88 Å². The van der Waals surface area contributed by atoms with Crippen LogP contribution in [0.5, 0.6) is 5.75 Å². The number of amides is 1. The van der Waals surface area contributed by atoms with Crippen molar-refractivity contribution in [1.82, 2.24) is 4.98 Å². The number of alkyl halides is 4. The minimum absolute atomic E-state index is 0.121. The molecule has 4 nitrogen and oxygen atoms in total. The van der Waals surface area contributed by atoms with E-state index in [1.165, 1.54) is 24.4 Å². The number of carbonyl (C=O) groups excluding carboxylic acids is 1. The number of benzene rings is 1. The van der Waals surface area contributed by atoms with Crippen molar-refractivity contribution >= 4 is 23.2 Å². The summed E-state index contributed by atoms with van der Waals surface area (Å²) in [6, 6.07) is 8.09. The van der Waals surface area contributed by atoms with E-state index in [4.69, 9.17) is 11.6 Å². The molecule has 22 heavy (non-hydrogen) atoms. The number of nitrogens with zero attached hydrogens (tertiary/aromatic N) is 1. The Bertz CT molecular complexity index is 660. The molecule has 0 aliphatic rings. The molecule has 0 fully saturated rings. The third-order valence-electron chi connectivity index (χ3n) is 2.54. The Labute approximate surface area is 128 Å². The summed E-state index contributed by atoms with van der Waals surface area (Å²) in [5.41, 5.74) is 1.03. The van der Waals surface area contributed by atoms with Crippen LogP contribution >= 0.6 is 11.6 Å². The van der Waals surface area contributed by atoms with Gasteiger partial charge in [-0.2, -0.15) is 0 Å². The SMILES string of the molecule is O=C(Nc1cccc(OC(F)(F)F)c1)c1ccc(CCl)cn1. The van der Waals surface area contributed by atoms with Crippen molar-refractivity contribution in [3.05, 3.63) is 53.9 Å². The Kier molecular flexibility index (Phi) is 4.87. The van der Waals surface area contributed by atoms with Gasteiger partial charge < -0.3 is 10.1 Å². The third-order valence-corrected chi connectivity index (χ3v) is 2.85. The lowest BCUT2D eigenvalue weighted by molar-refractivity contribution is -0.274. The molecule has 1 N–H and O–H groups in total. The van der Waals surface area contributed by atoms with Crippen molar-refractivity contribution in [2.45, 2.75) is 12.2 Å². The van der Waals surface area contributed by atoms with Gasteiger partial charge in [0.25, 0.3) is 5.91 Å². The lowest BCUT2D eigenvalue weighted by Gasteiger charge is -2.10. The third kappa shape index (κ3) is 4.63. The van der Waals surface area contributed by atoms with Gasteiger partial charge in [0.2, 0.25) is 0 Å². The van der Waals surface area contributed by atoms with Crippen LogP contribution < -0.4 is 10.1 Å². The van der Waals surface area contributed by atoms with E-state index in [0.717, 1.165) is 17.7 Å². The van der Waals surface area contributed by atoms with Crippen LogP contribution in [0.15, 0.2) is 42.6 Å². The summed E-state index contributed by atoms with van der Waals surface area (Å²) in [6.45, 7) is 0. The van der Waals surface area contributed by atoms with E-state index in [1.807, 2.05) is 0 Å². The first kappa shape index (κ1) is 16.1. The van der Waals surface area contributed by atoms with Crippen LogP contribution in [0.3, 0.4) is 0 Å². The second-order valence-electron chi connectivity index (χ2n) is 4.22. The van der Waals surface area contributed by atoms with Crippen LogP contribution in [0.25, 0.3) is 0 Å². The minimum Gasteiger partial charge on any atom is -0.406 e. The molecule has 0 aliphatic carbocycles. The van der Waals surface area contributed by atoms with E-state index in [-0.39, 0.29) is 17.3 Å². The average molecular weight is 331 g/mol. The maximum atomic E-state index is 12.1. The predicted octanol–water partition coefficient (Wildman–Crippen LogP) is 3.97. The normalized spacial score (nSPS) is 11.1. The molecule has 0 radical (unpaired) electrons. The van der Waals surface area contributed by atoms with Crippen molar-refractivity contribution in [3.63, 3.8) is 0 Å². The summed E-state index contributed by atoms with van der Waals surface area (Å²) < 4.78 is 40.2. The zero-order valence-corrected chi connectivity index (χ0v) is 11.8. The Balaban J connectivity index is 2.09. The number of halogens is 4. The molecular weight excluding hydrogens is 321 g/mol. The summed E-state index contributed by atoms with van der Waals surface area (Å²) in [7, 11) is 0. The van der Waals surface area contributed by atoms with Crippen LogP contribution in [0, 0.1) is 0 Å². The molecule has 1 amide bonds. The Morgan fingerprint density at radius 2 is 2.05 bits per heavy atom. The molecule has 0 bridgehead atoms. The van der Waals surface area contributed by atoms with Crippen LogP contribution in [0.4, 0.5) is 18.9 Å². The van der Waals surface area contributed by atoms with E-state index in [0.29, 0.717) is 0 Å². The van der Waals surface area contributed by atoms with Gasteiger partial charge in [-0.3, -0.25) is 9.78 Å². The molecule has 0 atom stereocenters. The topological polar surface area (TPSA) is 51.2 Å². The number of carbonyl (C=O) groups is 1. The summed E-state index contributed by atoms with van der Waals surface area (Å²) in [5.74, 6) is -0.702. The first-order valence-corrected chi connectivity index (χ1v) is 6.59. The Morgan fingerprint density at radius 3 is 2.64 bits per heavy atom. The van der Waals surface area contributed by atoms with E-state index >= 15 is 0 Å². The molecule has 1 aromatic carbocycles. The lowest BCUT2D eigenvalue weighted by atomic mass is 10.2. The van der Waals surface area contributed by atoms with E-state index in [2.05, 4.69) is 15.0 Å². The van der Waals surface area contributed by atoms with Gasteiger partial charge in [-0.1, -0.05) is 12.1 Å². The molecule has 0 unspecified atom stereocenters. The van der Waals surface area contributed by atoms with Gasteiger partial charge in [-0.05, 0) is 23.8 Å². The molecule has 2 rings (SSSR count). The fourth-order valence-electron chi connectivity index (χ4n) is 1.60. The van der Waals surface area contributed by atoms with Gasteiger partial charge in [0.05, 0.1) is 0 Å². The molecule has 116 valence electrons. The fourth-order valence-corrected chi connectivity index (χ4v) is 1.76. The minimum atomic E-state index is -4.79. The van der Waals surface area contributed by atoms with Gasteiger partial charge >= 0.3 is 6.36 Å². The van der Waals surface area contributed by atoms with Gasteiger partial charge in [0, 0.05) is 23.8 Å². The molecular formula is C14H10ClF3N2O2. The zero-order valence-electron chi connectivity index (χ0n) is 11.0. The van der Waals surface area contributed by atoms with Crippen molar-refractivity contribution in [2.24, 2.45) is 0 Å². The quantitative estimate of drug-likeness (QED) is 0.863. The van der Waals surface area contributed by atoms with E-state index < -0.39 is 18.0 Å². The Hall–Kier alpha value is -2.28. The first-order valence-electron chi connectivity index (χ1n) is 6.05. The van der Waals surface area contributed by atoms with Crippen molar-refractivity contribution in [2.75, 3.05) is 5.32 Å². The molecule has 0 spiro atoms. The highest BCUT2D eigenvalue weighted by atomic mass is 35.5. The highest BCUT2D eigenvalue weighted by molar-refractivity contribution is 6.17. The van der Waals surface area contributed by atoms with E-state index in [9.17, 15) is 18.0 Å². The first-order chi connectivity index (χ1) is 10.4. The lowest BCUT2D eigenvalue weighted by Crippen LogP contribution is -2.17. The number of ether oxygens (including phenoxy) is 1. The van der Waals surface area contributed by atoms with Crippen LogP contribution in [-0.4, -0.2) is 17.3 Å². The summed E-state index contributed by atoms with van der Waals surface area (Å²) >= 11 is 5.61. The molecule has 1 aromatic heterocycles. The number of rotatable bonds is 4. The largest absolute Gasteiger partial charge is 0.573 e. The van der Waals surface area contributed by atoms with Gasteiger partial charge in [0.15, 0.2) is 0 Å². The monoisotopic (exact) mass is 330 g/mol. The van der Waals surface area contributed by atoms with E-state index in [1.54, 1.807) is 6.07 Å². The molecule has 0 aliphatic heterocycles. The highest BCUT2D eigenvalue weighted by Crippen LogP contribution is 2.25. The highest BCUT2D eigenvalue weighted by Gasteiger charge is 2.31. The molecule has 0 saturated carbocycles. The summed E-state index contributed by atoms with van der Waals surface area (Å²) in [5, 5.41) is 2.44. The average Bonchev–Trinajstić information content (AvgIpc) is 2.46. The molecule has 8 heteroatoms. The van der Waals surface area contributed by atoms with Crippen molar-refractivity contribution < 1.29 is 22.7 Å². The van der Waals surface area contributed by atoms with Crippen LogP contribution in [0.1, 0.15) is 16.1 Å². The molecule has 2 aromatic rings. The summed E-state index contributed by atoms with van der Waals surface area (Å²) in [4.78, 5) is 15.9. The second-order valence-corrected chi connectivity index (χ2v) is 4.48. The number of pyridine rings is 1. The number of nitrogens with one attached hydrogen (secondary N) is 1. The standard InChI is InChI=1S/C14H10ClF3N2O2/c15-7-9-4-5-12(19-8-9)13(21)20-10-2-1-3-11(6-10)22-14(16,17)18/h1-6,8H,7H2,(H,20,21). The molecule has 0 saturated heterocycles. The van der Waals surface area contributed by atoms with Gasteiger partial charge in [0.1, 0.15) is 11.4 Å². The zero-order chi connectivity index (χ0) is 16.2. The van der Waals surface area contributed by atoms with Crippen molar-refractivity contribution in [3.8, 4) is 5.75 Å². The second kappa shape index (κ2) is 6.65.